The van der Waals surface area contributed by atoms with E-state index in [0.717, 1.165) is 22.8 Å². The van der Waals surface area contributed by atoms with Crippen molar-refractivity contribution < 1.29 is 23.9 Å². The number of hydrogen-bond acceptors (Lipinski definition) is 5. The van der Waals surface area contributed by atoms with Crippen molar-refractivity contribution in [1.82, 2.24) is 10.2 Å². The van der Waals surface area contributed by atoms with Gasteiger partial charge in [-0.1, -0.05) is 73.5 Å². The largest absolute Gasteiger partial charge is 0.444 e. The third kappa shape index (κ3) is 9.06. The van der Waals surface area contributed by atoms with Crippen LogP contribution in [0, 0.1) is 6.92 Å². The van der Waals surface area contributed by atoms with Crippen molar-refractivity contribution in [3.8, 4) is 0 Å². The standard InChI is InChI=1S/C32H40N4O5/c1-6-7-18-36(30(39)26(20-27(33)37)35-31(40)41-32(3,4)5)28(23-14-12-21(2)13-15-23)29(38)34-25-17-16-22-10-8-9-11-24(22)19-25/h8-17,19,26,28H,6-7,18,20H2,1-5H3,(H2,33,37)(H,34,38)(H,35,40). The summed E-state index contributed by atoms with van der Waals surface area (Å²) in [7, 11) is 0. The zero-order valence-corrected chi connectivity index (χ0v) is 24.4. The summed E-state index contributed by atoms with van der Waals surface area (Å²) in [6.07, 6.45) is 0.0252. The Kier molecular flexibility index (Phi) is 10.5. The van der Waals surface area contributed by atoms with Gasteiger partial charge in [0.1, 0.15) is 17.7 Å². The van der Waals surface area contributed by atoms with E-state index >= 15 is 0 Å². The van der Waals surface area contributed by atoms with Crippen molar-refractivity contribution in [2.45, 2.75) is 71.6 Å². The fourth-order valence-electron chi connectivity index (χ4n) is 4.45. The molecular weight excluding hydrogens is 520 g/mol. The van der Waals surface area contributed by atoms with Gasteiger partial charge in [-0.15, -0.1) is 0 Å². The molecule has 41 heavy (non-hydrogen) atoms. The molecule has 0 bridgehead atoms. The predicted octanol–water partition coefficient (Wildman–Crippen LogP) is 5.23. The first kappa shape index (κ1) is 31.1. The first-order valence-corrected chi connectivity index (χ1v) is 13.8. The summed E-state index contributed by atoms with van der Waals surface area (Å²) < 4.78 is 5.33. The molecule has 0 radical (unpaired) electrons. The van der Waals surface area contributed by atoms with Gasteiger partial charge in [-0.25, -0.2) is 4.79 Å². The zero-order valence-electron chi connectivity index (χ0n) is 24.4. The molecule has 4 N–H and O–H groups in total. The Bertz CT molecular complexity index is 1380. The van der Waals surface area contributed by atoms with Gasteiger partial charge in [0.2, 0.25) is 11.8 Å². The average molecular weight is 561 g/mol. The second-order valence-electron chi connectivity index (χ2n) is 11.1. The maximum atomic E-state index is 14.1. The van der Waals surface area contributed by atoms with Crippen molar-refractivity contribution >= 4 is 40.3 Å². The van der Waals surface area contributed by atoms with Crippen molar-refractivity contribution in [3.05, 3.63) is 77.9 Å². The van der Waals surface area contributed by atoms with Crippen LogP contribution in [0.3, 0.4) is 0 Å². The highest BCUT2D eigenvalue weighted by Gasteiger charge is 2.36. The first-order chi connectivity index (χ1) is 19.4. The number of primary amides is 1. The van der Waals surface area contributed by atoms with E-state index in [9.17, 15) is 19.2 Å². The van der Waals surface area contributed by atoms with Crippen LogP contribution in [-0.4, -0.2) is 46.9 Å². The van der Waals surface area contributed by atoms with Gasteiger partial charge in [0.15, 0.2) is 0 Å². The van der Waals surface area contributed by atoms with Crippen LogP contribution in [0.1, 0.15) is 64.1 Å². The lowest BCUT2D eigenvalue weighted by atomic mass is 10.00. The highest BCUT2D eigenvalue weighted by atomic mass is 16.6. The van der Waals surface area contributed by atoms with Gasteiger partial charge in [-0.3, -0.25) is 14.4 Å². The summed E-state index contributed by atoms with van der Waals surface area (Å²) in [4.78, 5) is 54.0. The van der Waals surface area contributed by atoms with E-state index in [2.05, 4.69) is 10.6 Å². The number of fused-ring (bicyclic) bond motifs is 1. The van der Waals surface area contributed by atoms with Crippen LogP contribution in [0.15, 0.2) is 66.7 Å². The maximum absolute atomic E-state index is 14.1. The second-order valence-corrected chi connectivity index (χ2v) is 11.1. The maximum Gasteiger partial charge on any atom is 0.408 e. The molecule has 3 aromatic carbocycles. The minimum Gasteiger partial charge on any atom is -0.444 e. The summed E-state index contributed by atoms with van der Waals surface area (Å²) in [5, 5.41) is 7.46. The monoisotopic (exact) mass is 560 g/mol. The highest BCUT2D eigenvalue weighted by Crippen LogP contribution is 2.27. The van der Waals surface area contributed by atoms with E-state index < -0.39 is 47.9 Å². The normalized spacial score (nSPS) is 12.7. The van der Waals surface area contributed by atoms with Crippen LogP contribution in [0.4, 0.5) is 10.5 Å². The second kappa shape index (κ2) is 13.8. The van der Waals surface area contributed by atoms with Gasteiger partial charge >= 0.3 is 6.09 Å². The van der Waals surface area contributed by atoms with Gasteiger partial charge in [0.05, 0.1) is 6.42 Å². The fraction of sp³-hybridized carbons (Fsp3) is 0.375. The lowest BCUT2D eigenvalue weighted by Gasteiger charge is -2.34. The molecular formula is C32H40N4O5. The summed E-state index contributed by atoms with van der Waals surface area (Å²) in [5.41, 5.74) is 6.80. The SMILES string of the molecule is CCCCN(C(=O)C(CC(N)=O)NC(=O)OC(C)(C)C)C(C(=O)Nc1ccc2ccccc2c1)c1ccc(C)cc1. The molecule has 9 heteroatoms. The van der Waals surface area contributed by atoms with E-state index in [1.54, 1.807) is 32.9 Å². The molecule has 218 valence electrons. The number of nitrogens with two attached hydrogens (primary N) is 1. The number of carbonyl (C=O) groups excluding carboxylic acids is 4. The molecule has 0 aromatic heterocycles. The van der Waals surface area contributed by atoms with E-state index in [-0.39, 0.29) is 6.54 Å². The third-order valence-corrected chi connectivity index (χ3v) is 6.40. The number of rotatable bonds is 11. The molecule has 0 aliphatic carbocycles. The van der Waals surface area contributed by atoms with Gasteiger partial charge in [0.25, 0.3) is 5.91 Å². The van der Waals surface area contributed by atoms with Crippen LogP contribution in [0.25, 0.3) is 10.8 Å². The van der Waals surface area contributed by atoms with Gasteiger partial charge in [-0.05, 0) is 62.6 Å². The molecule has 0 spiro atoms. The molecule has 3 rings (SSSR count). The van der Waals surface area contributed by atoms with Crippen molar-refractivity contribution in [2.24, 2.45) is 5.73 Å². The molecule has 0 heterocycles. The van der Waals surface area contributed by atoms with Crippen molar-refractivity contribution in [3.63, 3.8) is 0 Å². The average Bonchev–Trinajstić information content (AvgIpc) is 2.89. The van der Waals surface area contributed by atoms with Crippen molar-refractivity contribution in [2.75, 3.05) is 11.9 Å². The lowest BCUT2D eigenvalue weighted by Crippen LogP contribution is -2.53. The summed E-state index contributed by atoms with van der Waals surface area (Å²) in [5.74, 6) is -1.81. The molecule has 0 fully saturated rings. The Balaban J connectivity index is 2.02. The van der Waals surface area contributed by atoms with Crippen LogP contribution in [-0.2, 0) is 19.1 Å². The Morgan fingerprint density at radius 2 is 1.61 bits per heavy atom. The molecule has 0 aliphatic rings. The van der Waals surface area contributed by atoms with Gasteiger partial charge in [0, 0.05) is 12.2 Å². The molecule has 9 nitrogen and oxygen atoms in total. The topological polar surface area (TPSA) is 131 Å². The number of benzene rings is 3. The number of unbranched alkanes of at least 4 members (excludes halogenated alkanes) is 1. The van der Waals surface area contributed by atoms with E-state index in [1.807, 2.05) is 68.4 Å². The first-order valence-electron chi connectivity index (χ1n) is 13.8. The number of nitrogens with one attached hydrogen (secondary N) is 2. The van der Waals surface area contributed by atoms with Crippen LogP contribution >= 0.6 is 0 Å². The Morgan fingerprint density at radius 3 is 2.22 bits per heavy atom. The molecule has 0 aliphatic heterocycles. The quantitative estimate of drug-likeness (QED) is 0.296. The number of anilines is 1. The van der Waals surface area contributed by atoms with E-state index in [4.69, 9.17) is 10.5 Å². The molecule has 4 amide bonds. The highest BCUT2D eigenvalue weighted by molar-refractivity contribution is 6.01. The Morgan fingerprint density at radius 1 is 0.951 bits per heavy atom. The summed E-state index contributed by atoms with van der Waals surface area (Å²) in [6.45, 7) is 9.19. The molecule has 2 atom stereocenters. The molecule has 0 saturated heterocycles. The number of alkyl carbamates (subject to hydrolysis) is 1. The number of nitrogens with zero attached hydrogens (tertiary/aromatic N) is 1. The van der Waals surface area contributed by atoms with E-state index in [0.29, 0.717) is 17.7 Å². The summed E-state index contributed by atoms with van der Waals surface area (Å²) >= 11 is 0. The van der Waals surface area contributed by atoms with Gasteiger partial charge in [-0.2, -0.15) is 0 Å². The number of carbonyl (C=O) groups is 4. The lowest BCUT2D eigenvalue weighted by molar-refractivity contribution is -0.142. The third-order valence-electron chi connectivity index (χ3n) is 6.40. The minimum atomic E-state index is -1.32. The molecule has 0 saturated carbocycles. The Hall–Kier alpha value is -4.40. The van der Waals surface area contributed by atoms with Crippen LogP contribution < -0.4 is 16.4 Å². The molecule has 2 unspecified atom stereocenters. The number of hydrogen-bond donors (Lipinski definition) is 3. The minimum absolute atomic E-state index is 0.213. The van der Waals surface area contributed by atoms with Crippen LogP contribution in [0.5, 0.6) is 0 Å². The van der Waals surface area contributed by atoms with Crippen LogP contribution in [0.2, 0.25) is 0 Å². The fourth-order valence-corrected chi connectivity index (χ4v) is 4.45. The van der Waals surface area contributed by atoms with Gasteiger partial charge < -0.3 is 26.0 Å². The number of ether oxygens (including phenoxy) is 1. The molecule has 3 aromatic rings. The predicted molar refractivity (Wildman–Crippen MR) is 160 cm³/mol. The Labute approximate surface area is 241 Å². The zero-order chi connectivity index (χ0) is 30.2. The number of aryl methyl sites for hydroxylation is 1. The van der Waals surface area contributed by atoms with Crippen molar-refractivity contribution in [1.29, 1.82) is 0 Å². The summed E-state index contributed by atoms with van der Waals surface area (Å²) in [6, 6.07) is 18.4. The smallest absolute Gasteiger partial charge is 0.408 e. The number of amides is 4. The van der Waals surface area contributed by atoms with E-state index in [1.165, 1.54) is 4.90 Å².